The molecule has 2 aromatic rings. The summed E-state index contributed by atoms with van der Waals surface area (Å²) in [7, 11) is -3.62. The van der Waals surface area contributed by atoms with E-state index in [1.54, 1.807) is 6.07 Å². The van der Waals surface area contributed by atoms with Crippen LogP contribution in [0.3, 0.4) is 0 Å². The van der Waals surface area contributed by atoms with Crippen LogP contribution in [-0.4, -0.2) is 59.8 Å². The molecule has 5 rings (SSSR count). The maximum Gasteiger partial charge on any atom is 0.244 e. The molecule has 32 heavy (non-hydrogen) atoms. The molecule has 3 fully saturated rings. The maximum absolute atomic E-state index is 13.4. The zero-order chi connectivity index (χ0) is 22.3. The number of likely N-dealkylation sites (tertiary alicyclic amines) is 1. The van der Waals surface area contributed by atoms with E-state index in [2.05, 4.69) is 10.1 Å². The van der Waals surface area contributed by atoms with Crippen LogP contribution in [0, 0.1) is 12.8 Å². The molecule has 0 atom stereocenters. The van der Waals surface area contributed by atoms with Gasteiger partial charge >= 0.3 is 0 Å². The van der Waals surface area contributed by atoms with E-state index in [1.165, 1.54) is 28.5 Å². The highest BCUT2D eigenvalue weighted by atomic mass is 32.2. The number of nitrogens with zero attached hydrogens (tertiary/aromatic N) is 4. The molecule has 0 aromatic carbocycles. The van der Waals surface area contributed by atoms with Gasteiger partial charge in [-0.2, -0.15) is 9.29 Å². The normalized spacial score (nSPS) is 21.6. The van der Waals surface area contributed by atoms with Crippen LogP contribution in [0.5, 0.6) is 0 Å². The first-order chi connectivity index (χ1) is 15.4. The number of aromatic nitrogens is 2. The Labute approximate surface area is 193 Å². The second kappa shape index (κ2) is 8.87. The number of hydrogen-bond donors (Lipinski definition) is 0. The van der Waals surface area contributed by atoms with Crippen LogP contribution in [0.2, 0.25) is 0 Å². The smallest absolute Gasteiger partial charge is 0.244 e. The van der Waals surface area contributed by atoms with Crippen molar-refractivity contribution in [2.24, 2.45) is 5.92 Å². The summed E-state index contributed by atoms with van der Waals surface area (Å²) >= 11 is 1.38. The Morgan fingerprint density at radius 3 is 2.44 bits per heavy atom. The molecule has 2 aliphatic heterocycles. The number of carbonyl (C=O) groups is 1. The molecular formula is C22H30N4O4S2. The summed E-state index contributed by atoms with van der Waals surface area (Å²) in [4.78, 5) is 21.0. The number of amides is 1. The maximum atomic E-state index is 13.4. The lowest BCUT2D eigenvalue weighted by Crippen LogP contribution is -2.45. The van der Waals surface area contributed by atoms with Crippen molar-refractivity contribution in [3.8, 4) is 10.7 Å². The minimum atomic E-state index is -3.62. The molecule has 8 nitrogen and oxygen atoms in total. The van der Waals surface area contributed by atoms with Gasteiger partial charge in [-0.05, 0) is 57.9 Å². The lowest BCUT2D eigenvalue weighted by atomic mass is 9.85. The molecule has 174 valence electrons. The highest BCUT2D eigenvalue weighted by Gasteiger charge is 2.35. The van der Waals surface area contributed by atoms with Crippen LogP contribution in [0.1, 0.15) is 68.1 Å². The third-order valence-electron chi connectivity index (χ3n) is 7.08. The molecule has 2 saturated heterocycles. The van der Waals surface area contributed by atoms with E-state index in [-0.39, 0.29) is 11.8 Å². The molecule has 1 aliphatic carbocycles. The van der Waals surface area contributed by atoms with Crippen molar-refractivity contribution in [3.05, 3.63) is 16.8 Å². The van der Waals surface area contributed by atoms with Gasteiger partial charge in [0, 0.05) is 42.9 Å². The Morgan fingerprint density at radius 1 is 1.06 bits per heavy atom. The summed E-state index contributed by atoms with van der Waals surface area (Å²) in [6, 6.07) is 1.68. The summed E-state index contributed by atoms with van der Waals surface area (Å²) < 4.78 is 33.7. The molecule has 0 radical (unpaired) electrons. The van der Waals surface area contributed by atoms with E-state index in [4.69, 9.17) is 4.52 Å². The largest absolute Gasteiger partial charge is 0.342 e. The topological polar surface area (TPSA) is 96.6 Å². The Bertz CT molecular complexity index is 1080. The minimum absolute atomic E-state index is 0.0667. The number of thiophene rings is 1. The van der Waals surface area contributed by atoms with Crippen LogP contribution < -0.4 is 0 Å². The van der Waals surface area contributed by atoms with E-state index in [1.807, 2.05) is 11.8 Å². The average Bonchev–Trinajstić information content (AvgIpc) is 3.40. The van der Waals surface area contributed by atoms with Crippen LogP contribution in [0.15, 0.2) is 15.5 Å². The molecule has 0 bridgehead atoms. The van der Waals surface area contributed by atoms with Gasteiger partial charge in [-0.1, -0.05) is 11.6 Å². The van der Waals surface area contributed by atoms with Gasteiger partial charge in [-0.25, -0.2) is 8.42 Å². The van der Waals surface area contributed by atoms with Crippen molar-refractivity contribution in [2.45, 2.75) is 69.1 Å². The van der Waals surface area contributed by atoms with Crippen molar-refractivity contribution in [3.63, 3.8) is 0 Å². The number of rotatable bonds is 5. The van der Waals surface area contributed by atoms with Crippen molar-refractivity contribution in [1.29, 1.82) is 0 Å². The van der Waals surface area contributed by atoms with E-state index in [0.29, 0.717) is 53.3 Å². The molecular weight excluding hydrogens is 448 g/mol. The van der Waals surface area contributed by atoms with Crippen LogP contribution in [0.4, 0.5) is 0 Å². The molecule has 4 heterocycles. The van der Waals surface area contributed by atoms with Gasteiger partial charge in [0.2, 0.25) is 27.6 Å². The SMILES string of the molecule is Cc1sc(-c2noc(C3CCC3)n2)cc1S(=O)(=O)N1CCC(C(=O)N2CCCCC2)CC1. The van der Waals surface area contributed by atoms with Gasteiger partial charge in [0.15, 0.2) is 0 Å². The quantitative estimate of drug-likeness (QED) is 0.649. The molecule has 0 spiro atoms. The molecule has 0 N–H and O–H groups in total. The fraction of sp³-hybridized carbons (Fsp3) is 0.682. The monoisotopic (exact) mass is 478 g/mol. The molecule has 2 aromatic heterocycles. The zero-order valence-electron chi connectivity index (χ0n) is 18.5. The van der Waals surface area contributed by atoms with Gasteiger partial charge < -0.3 is 9.42 Å². The number of hydrogen-bond acceptors (Lipinski definition) is 7. The molecule has 1 amide bonds. The van der Waals surface area contributed by atoms with Crippen LogP contribution >= 0.6 is 11.3 Å². The Kier molecular flexibility index (Phi) is 6.11. The average molecular weight is 479 g/mol. The van der Waals surface area contributed by atoms with E-state index in [0.717, 1.165) is 43.6 Å². The predicted molar refractivity (Wildman–Crippen MR) is 121 cm³/mol. The summed E-state index contributed by atoms with van der Waals surface area (Å²) in [5.74, 6) is 1.60. The fourth-order valence-corrected chi connectivity index (χ4v) is 7.80. The summed E-state index contributed by atoms with van der Waals surface area (Å²) in [6.07, 6.45) is 7.82. The highest BCUT2D eigenvalue weighted by molar-refractivity contribution is 7.89. The Balaban J connectivity index is 1.27. The van der Waals surface area contributed by atoms with Crippen molar-refractivity contribution < 1.29 is 17.7 Å². The van der Waals surface area contributed by atoms with Crippen molar-refractivity contribution in [2.75, 3.05) is 26.2 Å². The highest BCUT2D eigenvalue weighted by Crippen LogP contribution is 2.38. The second-order valence-electron chi connectivity index (χ2n) is 9.18. The van der Waals surface area contributed by atoms with Gasteiger partial charge in [-0.15, -0.1) is 11.3 Å². The summed E-state index contributed by atoms with van der Waals surface area (Å²) in [6.45, 7) is 4.26. The fourth-order valence-electron chi connectivity index (χ4n) is 4.84. The van der Waals surface area contributed by atoms with Crippen LogP contribution in [-0.2, 0) is 14.8 Å². The molecule has 10 heteroatoms. The summed E-state index contributed by atoms with van der Waals surface area (Å²) in [5, 5.41) is 4.09. The second-order valence-corrected chi connectivity index (χ2v) is 12.3. The van der Waals surface area contributed by atoms with Crippen molar-refractivity contribution in [1.82, 2.24) is 19.3 Å². The van der Waals surface area contributed by atoms with Crippen molar-refractivity contribution >= 4 is 27.3 Å². The van der Waals surface area contributed by atoms with E-state index in [9.17, 15) is 13.2 Å². The van der Waals surface area contributed by atoms with Gasteiger partial charge in [-0.3, -0.25) is 4.79 Å². The predicted octanol–water partition coefficient (Wildman–Crippen LogP) is 3.79. The third kappa shape index (κ3) is 4.12. The molecule has 3 aliphatic rings. The number of piperidine rings is 2. The summed E-state index contributed by atoms with van der Waals surface area (Å²) in [5.41, 5.74) is 0. The first-order valence-corrected chi connectivity index (χ1v) is 13.9. The third-order valence-corrected chi connectivity index (χ3v) is 10.3. The minimum Gasteiger partial charge on any atom is -0.342 e. The Hall–Kier alpha value is -1.78. The number of carbonyl (C=O) groups excluding carboxylic acids is 1. The van der Waals surface area contributed by atoms with Gasteiger partial charge in [0.1, 0.15) is 0 Å². The van der Waals surface area contributed by atoms with Gasteiger partial charge in [0.25, 0.3) is 0 Å². The first kappa shape index (κ1) is 22.0. The lowest BCUT2D eigenvalue weighted by Gasteiger charge is -2.35. The number of aryl methyl sites for hydroxylation is 1. The lowest BCUT2D eigenvalue weighted by molar-refractivity contribution is -0.137. The Morgan fingerprint density at radius 2 is 1.78 bits per heavy atom. The number of sulfonamides is 1. The molecule has 1 saturated carbocycles. The van der Waals surface area contributed by atoms with Crippen LogP contribution in [0.25, 0.3) is 10.7 Å². The standard InChI is InChI=1S/C22H30N4O4S2/c1-15-19(14-18(31-15)20-23-21(30-24-20)16-6-5-7-16)32(28,29)26-12-8-17(9-13-26)22(27)25-10-3-2-4-11-25/h14,16-17H,2-13H2,1H3. The first-order valence-electron chi connectivity index (χ1n) is 11.7. The van der Waals surface area contributed by atoms with Gasteiger partial charge in [0.05, 0.1) is 9.77 Å². The zero-order valence-corrected chi connectivity index (χ0v) is 20.1. The molecule has 0 unspecified atom stereocenters. The van der Waals surface area contributed by atoms with E-state index >= 15 is 0 Å². The van der Waals surface area contributed by atoms with E-state index < -0.39 is 10.0 Å².